The lowest BCUT2D eigenvalue weighted by Crippen LogP contribution is -2.53. The molecular formula is C14H24N2O2S2. The van der Waals surface area contributed by atoms with Gasteiger partial charge in [0.1, 0.15) is 0 Å². The van der Waals surface area contributed by atoms with Crippen LogP contribution >= 0.6 is 11.3 Å². The van der Waals surface area contributed by atoms with Crippen molar-refractivity contribution in [2.75, 3.05) is 18.8 Å². The van der Waals surface area contributed by atoms with Crippen LogP contribution in [0.25, 0.3) is 0 Å². The maximum Gasteiger partial charge on any atom is 0.212 e. The van der Waals surface area contributed by atoms with Crippen molar-refractivity contribution in [2.45, 2.75) is 39.2 Å². The first kappa shape index (κ1) is 15.9. The van der Waals surface area contributed by atoms with Crippen molar-refractivity contribution in [1.82, 2.24) is 10.0 Å². The van der Waals surface area contributed by atoms with Gasteiger partial charge in [-0.25, -0.2) is 13.1 Å². The minimum absolute atomic E-state index is 0.147. The molecule has 0 aromatic carbocycles. The molecule has 1 aromatic heterocycles. The van der Waals surface area contributed by atoms with E-state index in [1.54, 1.807) is 11.3 Å². The third-order valence-electron chi connectivity index (χ3n) is 4.04. The van der Waals surface area contributed by atoms with E-state index in [9.17, 15) is 8.42 Å². The number of nitrogens with one attached hydrogen (secondary N) is 2. The van der Waals surface area contributed by atoms with Crippen LogP contribution in [0.15, 0.2) is 17.5 Å². The van der Waals surface area contributed by atoms with Gasteiger partial charge < -0.3 is 5.32 Å². The summed E-state index contributed by atoms with van der Waals surface area (Å²) in [7, 11) is -3.19. The Morgan fingerprint density at radius 3 is 2.95 bits per heavy atom. The second-order valence-corrected chi connectivity index (χ2v) is 9.05. The molecule has 6 heteroatoms. The lowest BCUT2D eigenvalue weighted by Gasteiger charge is -2.39. The molecule has 20 heavy (non-hydrogen) atoms. The summed E-state index contributed by atoms with van der Waals surface area (Å²) in [6, 6.07) is 4.15. The Balaban J connectivity index is 1.82. The number of aryl methyl sites for hydroxylation is 1. The zero-order valence-electron chi connectivity index (χ0n) is 12.2. The molecule has 1 aromatic rings. The van der Waals surface area contributed by atoms with E-state index in [1.807, 2.05) is 17.5 Å². The highest BCUT2D eigenvalue weighted by atomic mass is 32.2. The van der Waals surface area contributed by atoms with Crippen LogP contribution in [0, 0.1) is 5.41 Å². The molecule has 1 atom stereocenters. The van der Waals surface area contributed by atoms with Crippen molar-refractivity contribution >= 4 is 21.4 Å². The second-order valence-electron chi connectivity index (χ2n) is 6.10. The van der Waals surface area contributed by atoms with E-state index in [2.05, 4.69) is 23.9 Å². The summed E-state index contributed by atoms with van der Waals surface area (Å²) in [6.07, 6.45) is 2.89. The van der Waals surface area contributed by atoms with Gasteiger partial charge in [0.15, 0.2) is 0 Å². The van der Waals surface area contributed by atoms with Crippen LogP contribution in [0.5, 0.6) is 0 Å². The topological polar surface area (TPSA) is 58.2 Å². The highest BCUT2D eigenvalue weighted by Gasteiger charge is 2.32. The average molecular weight is 316 g/mol. The Morgan fingerprint density at radius 1 is 1.50 bits per heavy atom. The first-order valence-electron chi connectivity index (χ1n) is 7.12. The molecule has 0 spiro atoms. The van der Waals surface area contributed by atoms with E-state index in [-0.39, 0.29) is 17.2 Å². The molecule has 4 nitrogen and oxygen atoms in total. The summed E-state index contributed by atoms with van der Waals surface area (Å²) in [5.74, 6) is 0.167. The minimum atomic E-state index is -3.19. The van der Waals surface area contributed by atoms with Gasteiger partial charge in [0.05, 0.1) is 5.75 Å². The van der Waals surface area contributed by atoms with Crippen LogP contribution < -0.4 is 10.0 Å². The summed E-state index contributed by atoms with van der Waals surface area (Å²) in [5, 5.41) is 5.40. The highest BCUT2D eigenvalue weighted by Crippen LogP contribution is 2.29. The van der Waals surface area contributed by atoms with Gasteiger partial charge in [-0.15, -0.1) is 11.3 Å². The predicted molar refractivity (Wildman–Crippen MR) is 84.6 cm³/mol. The molecule has 1 fully saturated rings. The standard InChI is InChI=1S/C14H24N2O2S2/c1-14(2)7-4-8-15-13(14)11-16-20(17,18)10-6-12-5-3-9-19-12/h3,5,9,13,15-16H,4,6-8,10-11H2,1-2H3. The summed E-state index contributed by atoms with van der Waals surface area (Å²) >= 11 is 1.60. The van der Waals surface area contributed by atoms with Gasteiger partial charge in [0.25, 0.3) is 0 Å². The Labute approximate surface area is 126 Å². The first-order valence-corrected chi connectivity index (χ1v) is 9.65. The van der Waals surface area contributed by atoms with Crippen LogP contribution in [-0.4, -0.2) is 33.3 Å². The molecule has 1 saturated heterocycles. The van der Waals surface area contributed by atoms with E-state index >= 15 is 0 Å². The van der Waals surface area contributed by atoms with E-state index in [4.69, 9.17) is 0 Å². The number of rotatable bonds is 6. The van der Waals surface area contributed by atoms with Crippen molar-refractivity contribution in [3.05, 3.63) is 22.4 Å². The van der Waals surface area contributed by atoms with Crippen molar-refractivity contribution in [2.24, 2.45) is 5.41 Å². The Bertz CT molecular complexity index is 509. The van der Waals surface area contributed by atoms with Gasteiger partial charge in [-0.2, -0.15) is 0 Å². The molecule has 0 aliphatic carbocycles. The maximum absolute atomic E-state index is 12.0. The zero-order chi connectivity index (χ0) is 14.6. The molecule has 0 saturated carbocycles. The molecule has 114 valence electrons. The fourth-order valence-corrected chi connectivity index (χ4v) is 4.48. The molecule has 1 unspecified atom stereocenters. The van der Waals surface area contributed by atoms with Crippen LogP contribution in [0.2, 0.25) is 0 Å². The van der Waals surface area contributed by atoms with E-state index in [0.29, 0.717) is 13.0 Å². The maximum atomic E-state index is 12.0. The third kappa shape index (κ3) is 4.55. The van der Waals surface area contributed by atoms with Crippen molar-refractivity contribution in [1.29, 1.82) is 0 Å². The summed E-state index contributed by atoms with van der Waals surface area (Å²) < 4.78 is 26.9. The monoisotopic (exact) mass is 316 g/mol. The summed E-state index contributed by atoms with van der Waals surface area (Å²) in [5.41, 5.74) is 0.147. The number of hydrogen-bond donors (Lipinski definition) is 2. The Morgan fingerprint density at radius 2 is 2.30 bits per heavy atom. The summed E-state index contributed by atoms with van der Waals surface area (Å²) in [4.78, 5) is 1.12. The van der Waals surface area contributed by atoms with Gasteiger partial charge in [-0.1, -0.05) is 19.9 Å². The van der Waals surface area contributed by atoms with Crippen LogP contribution in [0.1, 0.15) is 31.6 Å². The van der Waals surface area contributed by atoms with Crippen molar-refractivity contribution in [3.8, 4) is 0 Å². The fourth-order valence-electron chi connectivity index (χ4n) is 2.59. The van der Waals surface area contributed by atoms with Crippen molar-refractivity contribution in [3.63, 3.8) is 0 Å². The average Bonchev–Trinajstić information content (AvgIpc) is 2.88. The Kier molecular flexibility index (Phi) is 5.23. The summed E-state index contributed by atoms with van der Waals surface area (Å²) in [6.45, 7) is 5.86. The highest BCUT2D eigenvalue weighted by molar-refractivity contribution is 7.89. The van der Waals surface area contributed by atoms with E-state index in [1.165, 1.54) is 0 Å². The molecule has 2 N–H and O–H groups in total. The quantitative estimate of drug-likeness (QED) is 0.844. The van der Waals surface area contributed by atoms with Crippen LogP contribution in [0.3, 0.4) is 0 Å². The van der Waals surface area contributed by atoms with E-state index in [0.717, 1.165) is 24.3 Å². The lowest BCUT2D eigenvalue weighted by molar-refractivity contribution is 0.181. The number of hydrogen-bond acceptors (Lipinski definition) is 4. The second kappa shape index (κ2) is 6.56. The molecular weight excluding hydrogens is 292 g/mol. The van der Waals surface area contributed by atoms with Gasteiger partial charge in [-0.3, -0.25) is 0 Å². The molecule has 1 aliphatic heterocycles. The molecule has 2 heterocycles. The van der Waals surface area contributed by atoms with Crippen LogP contribution in [-0.2, 0) is 16.4 Å². The normalized spacial score (nSPS) is 22.8. The fraction of sp³-hybridized carbons (Fsp3) is 0.714. The lowest BCUT2D eigenvalue weighted by atomic mass is 9.78. The van der Waals surface area contributed by atoms with E-state index < -0.39 is 10.0 Å². The number of thiophene rings is 1. The molecule has 0 bridgehead atoms. The molecule has 1 aliphatic rings. The molecule has 0 amide bonds. The number of piperidine rings is 1. The van der Waals surface area contributed by atoms with Gasteiger partial charge in [-0.05, 0) is 42.7 Å². The third-order valence-corrected chi connectivity index (χ3v) is 6.32. The van der Waals surface area contributed by atoms with Crippen molar-refractivity contribution < 1.29 is 8.42 Å². The van der Waals surface area contributed by atoms with Gasteiger partial charge in [0, 0.05) is 17.5 Å². The number of sulfonamides is 1. The zero-order valence-corrected chi connectivity index (χ0v) is 13.8. The largest absolute Gasteiger partial charge is 0.312 e. The SMILES string of the molecule is CC1(C)CCCNC1CNS(=O)(=O)CCc1cccs1. The smallest absolute Gasteiger partial charge is 0.212 e. The minimum Gasteiger partial charge on any atom is -0.312 e. The van der Waals surface area contributed by atoms with Gasteiger partial charge in [0.2, 0.25) is 10.0 Å². The molecule has 0 radical (unpaired) electrons. The first-order chi connectivity index (χ1) is 9.39. The van der Waals surface area contributed by atoms with Crippen LogP contribution in [0.4, 0.5) is 0 Å². The Hall–Kier alpha value is -0.430. The van der Waals surface area contributed by atoms with Gasteiger partial charge >= 0.3 is 0 Å². The predicted octanol–water partition coefficient (Wildman–Crippen LogP) is 1.99. The molecule has 2 rings (SSSR count).